The lowest BCUT2D eigenvalue weighted by atomic mass is 10.1. The fourth-order valence-electron chi connectivity index (χ4n) is 2.59. The summed E-state index contributed by atoms with van der Waals surface area (Å²) in [5, 5.41) is 2.86. The molecule has 0 fully saturated rings. The van der Waals surface area contributed by atoms with Crippen molar-refractivity contribution in [3.63, 3.8) is 0 Å². The summed E-state index contributed by atoms with van der Waals surface area (Å²) in [6, 6.07) is 5.84. The zero-order chi connectivity index (χ0) is 16.6. The molecule has 0 saturated carbocycles. The molecule has 6 nitrogen and oxygen atoms in total. The largest absolute Gasteiger partial charge is 0.330 e. The Bertz CT molecular complexity index is 846. The van der Waals surface area contributed by atoms with Crippen molar-refractivity contribution in [2.45, 2.75) is 13.8 Å². The van der Waals surface area contributed by atoms with Crippen LogP contribution in [0.5, 0.6) is 0 Å². The van der Waals surface area contributed by atoms with Crippen LogP contribution in [0.4, 0.5) is 5.69 Å². The summed E-state index contributed by atoms with van der Waals surface area (Å²) in [5.41, 5.74) is 3.35. The van der Waals surface area contributed by atoms with Gasteiger partial charge in [0, 0.05) is 18.4 Å². The van der Waals surface area contributed by atoms with Gasteiger partial charge in [0.15, 0.2) is 0 Å². The number of rotatable bonds is 2. The molecule has 2 aliphatic rings. The van der Waals surface area contributed by atoms with E-state index in [-0.39, 0.29) is 11.7 Å². The number of carbonyl (C=O) groups is 1. The van der Waals surface area contributed by atoms with E-state index < -0.39 is 10.0 Å². The van der Waals surface area contributed by atoms with E-state index in [4.69, 9.17) is 0 Å². The van der Waals surface area contributed by atoms with Crippen LogP contribution < -0.4 is 5.32 Å². The van der Waals surface area contributed by atoms with Crippen molar-refractivity contribution in [2.75, 3.05) is 17.6 Å². The predicted molar refractivity (Wildman–Crippen MR) is 89.7 cm³/mol. The van der Waals surface area contributed by atoms with Gasteiger partial charge in [0.05, 0.1) is 11.3 Å². The second-order valence-electron chi connectivity index (χ2n) is 5.68. The van der Waals surface area contributed by atoms with E-state index in [0.717, 1.165) is 16.8 Å². The van der Waals surface area contributed by atoms with E-state index in [9.17, 15) is 13.2 Å². The lowest BCUT2D eigenvalue weighted by molar-refractivity contribution is -0.112. The number of aryl methyl sites for hydroxylation is 2. The first-order chi connectivity index (χ1) is 10.8. The van der Waals surface area contributed by atoms with E-state index in [1.165, 1.54) is 0 Å². The lowest BCUT2D eigenvalue weighted by Gasteiger charge is -2.27. The molecule has 7 heteroatoms. The Morgan fingerprint density at radius 3 is 2.57 bits per heavy atom. The minimum atomic E-state index is -3.38. The van der Waals surface area contributed by atoms with Crippen LogP contribution in [-0.4, -0.2) is 37.4 Å². The molecular formula is C16H17N3O3S. The molecule has 2 aliphatic heterocycles. The number of sulfonamides is 1. The minimum absolute atomic E-state index is 0.0488. The van der Waals surface area contributed by atoms with Crippen molar-refractivity contribution in [1.82, 2.24) is 4.90 Å². The summed E-state index contributed by atoms with van der Waals surface area (Å²) in [7, 11) is -3.38. The van der Waals surface area contributed by atoms with E-state index in [1.807, 2.05) is 32.0 Å². The number of carbonyl (C=O) groups excluding carboxylic acids is 1. The van der Waals surface area contributed by atoms with Gasteiger partial charge in [0.2, 0.25) is 0 Å². The maximum absolute atomic E-state index is 12.4. The van der Waals surface area contributed by atoms with Crippen LogP contribution in [0.2, 0.25) is 0 Å². The third-order valence-electron chi connectivity index (χ3n) is 3.57. The molecule has 120 valence electrons. The third-order valence-corrected chi connectivity index (χ3v) is 4.73. The molecule has 0 aliphatic carbocycles. The molecular weight excluding hydrogens is 314 g/mol. The van der Waals surface area contributed by atoms with Gasteiger partial charge in [-0.1, -0.05) is 6.07 Å². The van der Waals surface area contributed by atoms with Gasteiger partial charge in [-0.3, -0.25) is 4.79 Å². The molecule has 1 amide bonds. The van der Waals surface area contributed by atoms with Gasteiger partial charge in [-0.05, 0) is 49.3 Å². The maximum atomic E-state index is 12.4. The summed E-state index contributed by atoms with van der Waals surface area (Å²) in [4.78, 5) is 14.1. The highest BCUT2D eigenvalue weighted by Crippen LogP contribution is 2.18. The molecule has 0 radical (unpaired) electrons. The molecule has 0 spiro atoms. The van der Waals surface area contributed by atoms with Crippen molar-refractivity contribution in [1.29, 1.82) is 0 Å². The quantitative estimate of drug-likeness (QED) is 0.895. The van der Waals surface area contributed by atoms with Crippen LogP contribution in [0.25, 0.3) is 0 Å². The first-order valence-corrected chi connectivity index (χ1v) is 8.82. The molecule has 1 aromatic carbocycles. The van der Waals surface area contributed by atoms with Gasteiger partial charge in [0.1, 0.15) is 5.84 Å². The topological polar surface area (TPSA) is 78.8 Å². The zero-order valence-electron chi connectivity index (χ0n) is 12.9. The average Bonchev–Trinajstić information content (AvgIpc) is 2.44. The number of nitrogens with one attached hydrogen (secondary N) is 1. The Balaban J connectivity index is 1.79. The van der Waals surface area contributed by atoms with Crippen molar-refractivity contribution in [3.8, 4) is 0 Å². The van der Waals surface area contributed by atoms with Crippen molar-refractivity contribution in [3.05, 3.63) is 53.3 Å². The normalized spacial score (nSPS) is 18.8. The standard InChI is InChI=1S/C16H17N3O3S/c1-11-7-12(2)9-14(8-11)17-16(20)13-3-4-15-18-23(21,22)6-5-19(15)10-13/h3-4,7-10H,5-6H2,1-2H3,(H,17,20). The summed E-state index contributed by atoms with van der Waals surface area (Å²) >= 11 is 0. The highest BCUT2D eigenvalue weighted by Gasteiger charge is 2.24. The highest BCUT2D eigenvalue weighted by molar-refractivity contribution is 7.90. The number of amides is 1. The van der Waals surface area contributed by atoms with Crippen LogP contribution in [0.15, 0.2) is 46.5 Å². The van der Waals surface area contributed by atoms with Crippen LogP contribution in [0, 0.1) is 13.8 Å². The maximum Gasteiger partial charge on any atom is 0.257 e. The van der Waals surface area contributed by atoms with Crippen LogP contribution in [-0.2, 0) is 14.8 Å². The highest BCUT2D eigenvalue weighted by atomic mass is 32.2. The number of hydrogen-bond donors (Lipinski definition) is 1. The SMILES string of the molecule is Cc1cc(C)cc(NC(=O)C2=CN3CCS(=O)(=O)N=C3C=C2)c1. The predicted octanol–water partition coefficient (Wildman–Crippen LogP) is 1.74. The molecule has 23 heavy (non-hydrogen) atoms. The Hall–Kier alpha value is -2.41. The molecule has 1 N–H and O–H groups in total. The number of fused-ring (bicyclic) bond motifs is 1. The fourth-order valence-corrected chi connectivity index (χ4v) is 3.55. The molecule has 2 heterocycles. The molecule has 3 rings (SSSR count). The van der Waals surface area contributed by atoms with Gasteiger partial charge in [-0.2, -0.15) is 0 Å². The average molecular weight is 331 g/mol. The van der Waals surface area contributed by atoms with Crippen LogP contribution in [0.1, 0.15) is 11.1 Å². The van der Waals surface area contributed by atoms with Crippen LogP contribution >= 0.6 is 0 Å². The van der Waals surface area contributed by atoms with Gasteiger partial charge in [-0.15, -0.1) is 4.40 Å². The second kappa shape index (κ2) is 5.66. The smallest absolute Gasteiger partial charge is 0.257 e. The summed E-state index contributed by atoms with van der Waals surface area (Å²) in [6.07, 6.45) is 4.76. The van der Waals surface area contributed by atoms with E-state index >= 15 is 0 Å². The Kier molecular flexibility index (Phi) is 3.81. The van der Waals surface area contributed by atoms with Gasteiger partial charge in [-0.25, -0.2) is 8.42 Å². The van der Waals surface area contributed by atoms with Crippen molar-refractivity contribution in [2.24, 2.45) is 4.40 Å². The number of hydrogen-bond acceptors (Lipinski definition) is 4. The van der Waals surface area contributed by atoms with Gasteiger partial charge in [0.25, 0.3) is 15.9 Å². The number of anilines is 1. The second-order valence-corrected chi connectivity index (χ2v) is 7.43. The molecule has 1 aromatic rings. The van der Waals surface area contributed by atoms with Crippen molar-refractivity contribution < 1.29 is 13.2 Å². The van der Waals surface area contributed by atoms with E-state index in [0.29, 0.717) is 18.0 Å². The Morgan fingerprint density at radius 2 is 1.87 bits per heavy atom. The fraction of sp³-hybridized carbons (Fsp3) is 0.250. The third kappa shape index (κ3) is 3.50. The number of amidine groups is 1. The first kappa shape index (κ1) is 15.5. The first-order valence-electron chi connectivity index (χ1n) is 7.21. The van der Waals surface area contributed by atoms with E-state index in [2.05, 4.69) is 9.71 Å². The van der Waals surface area contributed by atoms with Gasteiger partial charge < -0.3 is 10.2 Å². The minimum Gasteiger partial charge on any atom is -0.330 e. The number of nitrogens with zero attached hydrogens (tertiary/aromatic N) is 2. The Morgan fingerprint density at radius 1 is 1.17 bits per heavy atom. The zero-order valence-corrected chi connectivity index (χ0v) is 13.7. The number of benzene rings is 1. The summed E-state index contributed by atoms with van der Waals surface area (Å²) < 4.78 is 26.6. The molecule has 0 aromatic heterocycles. The van der Waals surface area contributed by atoms with Gasteiger partial charge >= 0.3 is 0 Å². The van der Waals surface area contributed by atoms with E-state index in [1.54, 1.807) is 23.3 Å². The lowest BCUT2D eigenvalue weighted by Crippen LogP contribution is -2.37. The summed E-state index contributed by atoms with van der Waals surface area (Å²) in [5.74, 6) is 0.0604. The molecule has 0 bridgehead atoms. The Labute approximate surface area is 135 Å². The van der Waals surface area contributed by atoms with Crippen molar-refractivity contribution >= 4 is 27.5 Å². The molecule has 0 atom stereocenters. The van der Waals surface area contributed by atoms with Crippen LogP contribution in [0.3, 0.4) is 0 Å². The summed E-state index contributed by atoms with van der Waals surface area (Å²) in [6.45, 7) is 4.24. The monoisotopic (exact) mass is 331 g/mol. The molecule has 0 unspecified atom stereocenters. The molecule has 0 saturated heterocycles.